The van der Waals surface area contributed by atoms with Gasteiger partial charge in [-0.05, 0) is 52.5 Å². The van der Waals surface area contributed by atoms with Crippen molar-refractivity contribution in [3.63, 3.8) is 0 Å². The molecule has 2 rings (SSSR count). The number of thioether (sulfide) groups is 2. The average molecular weight is 369 g/mol. The highest BCUT2D eigenvalue weighted by Crippen LogP contribution is 2.20. The van der Waals surface area contributed by atoms with Gasteiger partial charge in [0.2, 0.25) is 0 Å². The van der Waals surface area contributed by atoms with Gasteiger partial charge in [0.25, 0.3) is 0 Å². The van der Waals surface area contributed by atoms with Gasteiger partial charge in [0.1, 0.15) is 23.0 Å². The molecule has 6 heteroatoms. The second-order valence-electron chi connectivity index (χ2n) is 6.32. The fourth-order valence-electron chi connectivity index (χ4n) is 2.26. The van der Waals surface area contributed by atoms with E-state index in [0.717, 1.165) is 59.1 Å². The van der Waals surface area contributed by atoms with Gasteiger partial charge in [-0.15, -0.1) is 0 Å². The van der Waals surface area contributed by atoms with Crippen LogP contribution in [0.25, 0.3) is 0 Å². The lowest BCUT2D eigenvalue weighted by molar-refractivity contribution is 0.344. The highest BCUT2D eigenvalue weighted by molar-refractivity contribution is 8.02. The van der Waals surface area contributed by atoms with E-state index in [0.29, 0.717) is 0 Å². The summed E-state index contributed by atoms with van der Waals surface area (Å²) in [6.07, 6.45) is 0. The van der Waals surface area contributed by atoms with Crippen LogP contribution in [0.2, 0.25) is 0 Å². The van der Waals surface area contributed by atoms with Crippen LogP contribution in [-0.4, -0.2) is 49.5 Å². The maximum atomic E-state index is 5.82. The molecule has 134 valence electrons. The van der Waals surface area contributed by atoms with Gasteiger partial charge in [-0.3, -0.25) is 0 Å². The molecule has 0 atom stereocenters. The van der Waals surface area contributed by atoms with E-state index in [4.69, 9.17) is 8.83 Å². The van der Waals surface area contributed by atoms with Crippen molar-refractivity contribution in [1.29, 1.82) is 0 Å². The third-order valence-corrected chi connectivity index (χ3v) is 5.46. The lowest BCUT2D eigenvalue weighted by Crippen LogP contribution is -2.09. The van der Waals surface area contributed by atoms with Crippen LogP contribution in [0.4, 0.5) is 0 Å². The first-order valence-electron chi connectivity index (χ1n) is 8.13. The van der Waals surface area contributed by atoms with Gasteiger partial charge in [0, 0.05) is 11.5 Å². The molecule has 4 nitrogen and oxygen atoms in total. The summed E-state index contributed by atoms with van der Waals surface area (Å²) in [5, 5.41) is 0. The summed E-state index contributed by atoms with van der Waals surface area (Å²) in [4.78, 5) is 4.23. The van der Waals surface area contributed by atoms with E-state index in [2.05, 4.69) is 62.3 Å². The Bertz CT molecular complexity index is 541. The van der Waals surface area contributed by atoms with Crippen molar-refractivity contribution >= 4 is 23.5 Å². The number of hydrogen-bond donors (Lipinski definition) is 0. The summed E-state index contributed by atoms with van der Waals surface area (Å²) in [6, 6.07) is 8.34. The molecule has 0 aliphatic carbocycles. The molecule has 0 aromatic carbocycles. The van der Waals surface area contributed by atoms with Crippen molar-refractivity contribution in [2.75, 3.05) is 39.7 Å². The molecule has 0 aliphatic heterocycles. The molecule has 0 amide bonds. The van der Waals surface area contributed by atoms with Crippen molar-refractivity contribution < 1.29 is 8.83 Å². The molecule has 2 aromatic rings. The molecule has 0 N–H and O–H groups in total. The Morgan fingerprint density at radius 3 is 1.42 bits per heavy atom. The van der Waals surface area contributed by atoms with E-state index in [9.17, 15) is 0 Å². The second-order valence-corrected chi connectivity index (χ2v) is 8.53. The highest BCUT2D eigenvalue weighted by atomic mass is 32.2. The molecule has 2 heterocycles. The zero-order valence-electron chi connectivity index (χ0n) is 15.1. The van der Waals surface area contributed by atoms with Crippen LogP contribution in [-0.2, 0) is 24.6 Å². The van der Waals surface area contributed by atoms with E-state index < -0.39 is 0 Å². The first-order chi connectivity index (χ1) is 11.5. The molecule has 0 spiro atoms. The first kappa shape index (κ1) is 19.5. The lowest BCUT2D eigenvalue weighted by Gasteiger charge is -2.06. The molecule has 2 aromatic heterocycles. The van der Waals surface area contributed by atoms with Crippen LogP contribution in [0.15, 0.2) is 33.1 Å². The van der Waals surface area contributed by atoms with E-state index in [1.54, 1.807) is 0 Å². The van der Waals surface area contributed by atoms with Gasteiger partial charge in [0.15, 0.2) is 0 Å². The summed E-state index contributed by atoms with van der Waals surface area (Å²) in [5.74, 6) is 8.36. The van der Waals surface area contributed by atoms with Gasteiger partial charge in [-0.2, -0.15) is 23.5 Å². The van der Waals surface area contributed by atoms with Gasteiger partial charge < -0.3 is 18.6 Å². The van der Waals surface area contributed by atoms with Crippen molar-refractivity contribution in [2.45, 2.75) is 24.6 Å². The summed E-state index contributed by atoms with van der Waals surface area (Å²) in [5.41, 5.74) is 0. The number of nitrogens with zero attached hydrogens (tertiary/aromatic N) is 2. The summed E-state index contributed by atoms with van der Waals surface area (Å²) >= 11 is 3.84. The molecular weight excluding hydrogens is 340 g/mol. The maximum absolute atomic E-state index is 5.82. The quantitative estimate of drug-likeness (QED) is 0.554. The SMILES string of the molecule is CN(C)Cc1ccc(CSCCSCc2ccc(CN(C)C)o2)o1. The molecule has 0 radical (unpaired) electrons. The Balaban J connectivity index is 1.56. The van der Waals surface area contributed by atoms with Gasteiger partial charge in [-0.1, -0.05) is 0 Å². The van der Waals surface area contributed by atoms with E-state index >= 15 is 0 Å². The largest absolute Gasteiger partial charge is 0.464 e. The fraction of sp³-hybridized carbons (Fsp3) is 0.556. The van der Waals surface area contributed by atoms with Gasteiger partial charge >= 0.3 is 0 Å². The second kappa shape index (κ2) is 10.2. The average Bonchev–Trinajstić information content (AvgIpc) is 3.11. The molecule has 0 unspecified atom stereocenters. The number of furan rings is 2. The topological polar surface area (TPSA) is 32.8 Å². The van der Waals surface area contributed by atoms with Gasteiger partial charge in [-0.25, -0.2) is 0 Å². The monoisotopic (exact) mass is 368 g/mol. The van der Waals surface area contributed by atoms with Crippen LogP contribution in [0, 0.1) is 0 Å². The van der Waals surface area contributed by atoms with E-state index in [1.807, 2.05) is 23.5 Å². The molecule has 0 saturated heterocycles. The van der Waals surface area contributed by atoms with E-state index in [-0.39, 0.29) is 0 Å². The molecule has 24 heavy (non-hydrogen) atoms. The molecule has 0 bridgehead atoms. The zero-order valence-corrected chi connectivity index (χ0v) is 16.7. The third kappa shape index (κ3) is 7.38. The first-order valence-corrected chi connectivity index (χ1v) is 10.4. The standard InChI is InChI=1S/C18H28N2O2S2/c1-19(2)11-15-5-7-17(21-15)13-23-9-10-24-14-18-8-6-16(22-18)12-20(3)4/h5-8H,9-14H2,1-4H3. The highest BCUT2D eigenvalue weighted by Gasteiger charge is 2.05. The predicted molar refractivity (Wildman–Crippen MR) is 105 cm³/mol. The minimum atomic E-state index is 0.861. The van der Waals surface area contributed by atoms with E-state index in [1.165, 1.54) is 0 Å². The number of rotatable bonds is 11. The fourth-order valence-corrected chi connectivity index (χ4v) is 4.20. The Morgan fingerprint density at radius 1 is 0.667 bits per heavy atom. The molecular formula is C18H28N2O2S2. The van der Waals surface area contributed by atoms with Crippen LogP contribution in [0.3, 0.4) is 0 Å². The maximum Gasteiger partial charge on any atom is 0.118 e. The molecule has 0 saturated carbocycles. The van der Waals surface area contributed by atoms with Crippen LogP contribution in [0.1, 0.15) is 23.0 Å². The van der Waals surface area contributed by atoms with Crippen molar-refractivity contribution in [3.8, 4) is 0 Å². The molecule has 0 fully saturated rings. The molecule has 0 aliphatic rings. The summed E-state index contributed by atoms with van der Waals surface area (Å²) < 4.78 is 11.6. The zero-order chi connectivity index (χ0) is 17.4. The van der Waals surface area contributed by atoms with Crippen LogP contribution in [0.5, 0.6) is 0 Å². The van der Waals surface area contributed by atoms with Crippen LogP contribution >= 0.6 is 23.5 Å². The van der Waals surface area contributed by atoms with Gasteiger partial charge in [0.05, 0.1) is 24.6 Å². The third-order valence-electron chi connectivity index (χ3n) is 3.24. The van der Waals surface area contributed by atoms with Crippen molar-refractivity contribution in [2.24, 2.45) is 0 Å². The lowest BCUT2D eigenvalue weighted by atomic mass is 10.4. The smallest absolute Gasteiger partial charge is 0.118 e. The summed E-state index contributed by atoms with van der Waals surface area (Å²) in [6.45, 7) is 1.72. The Hall–Kier alpha value is -0.820. The minimum Gasteiger partial charge on any atom is -0.464 e. The minimum absolute atomic E-state index is 0.861. The Labute approximate surface area is 153 Å². The predicted octanol–water partition coefficient (Wildman–Crippen LogP) is 4.16. The van der Waals surface area contributed by atoms with Crippen molar-refractivity contribution in [3.05, 3.63) is 47.3 Å². The Morgan fingerprint density at radius 2 is 1.04 bits per heavy atom. The summed E-state index contributed by atoms with van der Waals surface area (Å²) in [7, 11) is 8.21. The normalized spacial score (nSPS) is 11.8. The number of hydrogen-bond acceptors (Lipinski definition) is 6. The Kier molecular flexibility index (Phi) is 8.32. The van der Waals surface area contributed by atoms with Crippen LogP contribution < -0.4 is 0 Å². The van der Waals surface area contributed by atoms with Crippen molar-refractivity contribution in [1.82, 2.24) is 9.80 Å².